The van der Waals surface area contributed by atoms with Crippen molar-refractivity contribution in [2.75, 3.05) is 26.4 Å². The zero-order chi connectivity index (χ0) is 47.9. The summed E-state index contributed by atoms with van der Waals surface area (Å²) in [6.07, 6.45) is -14.0. The standard InChI is InChI=1S/C48H78O18/c1-22-30(53)37(65-41-38(34(57)32(55)24(19-50)63-41)66-39-35(58)33(56)31(54)23(18-49)62-39)36(59)40(61-22)64-29-10-11-43(4)25(44(29,5)20-51)8-12-45(6)26(43)9-13-48-27-16-42(2,3)14-15-47(27,21-60-48)28(52)17-46(45,48)7/h9,13,22-41,49-59H,8,10-12,14-21H2,1-7H3/t22-,23-,24-,25?,26?,27-,28+,29+,30+,31+,32-,33+,34+,35-,36-,37+,38-,39+,40+,41+,43+,44+,45-,46+,47?,48?/m1/s1. The molecule has 26 atom stereocenters. The molecule has 18 nitrogen and oxygen atoms in total. The van der Waals surface area contributed by atoms with Gasteiger partial charge >= 0.3 is 0 Å². The van der Waals surface area contributed by atoms with E-state index >= 15 is 0 Å². The first-order chi connectivity index (χ1) is 30.9. The van der Waals surface area contributed by atoms with E-state index in [-0.39, 0.29) is 51.4 Å². The van der Waals surface area contributed by atoms with Gasteiger partial charge in [0, 0.05) is 22.2 Å². The molecular weight excluding hydrogens is 865 g/mol. The molecule has 4 unspecified atom stereocenters. The summed E-state index contributed by atoms with van der Waals surface area (Å²) < 4.78 is 43.3. The molecule has 0 aromatic rings. The zero-order valence-electron chi connectivity index (χ0n) is 39.5. The zero-order valence-corrected chi connectivity index (χ0v) is 39.5. The van der Waals surface area contributed by atoms with Crippen LogP contribution in [0.1, 0.15) is 99.8 Å². The largest absolute Gasteiger partial charge is 0.396 e. The lowest BCUT2D eigenvalue weighted by Gasteiger charge is -2.73. The van der Waals surface area contributed by atoms with E-state index in [1.54, 1.807) is 6.92 Å². The number of allylic oxidation sites excluding steroid dienone is 1. The molecule has 0 amide bonds. The van der Waals surface area contributed by atoms with Gasteiger partial charge in [-0.2, -0.15) is 0 Å². The second-order valence-electron chi connectivity index (χ2n) is 23.8. The Balaban J connectivity index is 0.953. The van der Waals surface area contributed by atoms with Crippen molar-refractivity contribution < 1.29 is 89.3 Å². The van der Waals surface area contributed by atoms with Crippen LogP contribution >= 0.6 is 0 Å². The highest BCUT2D eigenvalue weighted by Gasteiger charge is 2.79. The fraction of sp³-hybridized carbons (Fsp3) is 0.958. The van der Waals surface area contributed by atoms with Crippen LogP contribution in [0.2, 0.25) is 0 Å². The molecular formula is C48H78O18. The van der Waals surface area contributed by atoms with Crippen LogP contribution in [0.5, 0.6) is 0 Å². The number of aliphatic hydroxyl groups excluding tert-OH is 11. The van der Waals surface area contributed by atoms with Crippen molar-refractivity contribution in [3.63, 3.8) is 0 Å². The molecule has 0 radical (unpaired) electrons. The number of rotatable bonds is 9. The Labute approximate surface area is 387 Å². The summed E-state index contributed by atoms with van der Waals surface area (Å²) in [6.45, 7) is 14.2. The van der Waals surface area contributed by atoms with Gasteiger partial charge < -0.3 is 89.3 Å². The molecule has 0 aromatic heterocycles. The minimum atomic E-state index is -1.90. The van der Waals surface area contributed by atoms with E-state index < -0.39 is 129 Å². The summed E-state index contributed by atoms with van der Waals surface area (Å²) in [6, 6.07) is 0. The van der Waals surface area contributed by atoms with E-state index in [0.717, 1.165) is 38.5 Å². The SMILES string of the molecule is C[C@H]1O[C@@H](O[C@H]2CC[C@@]3(C)C(CC[C@]4(C)C3C=CC35OCC6(CCC(C)(C)C[C@H]63)[C@@H](O)C[C@]54C)[C@]2(C)CO)[C@H](O)[C@@H](O[C@@H]2O[C@H](CO)[C@@H](O)[C@H](O)[C@H]2O[C@@H]2O[C@H](CO)[C@H](O)[C@H](O)[C@H]2O)[C@H]1O. The smallest absolute Gasteiger partial charge is 0.187 e. The predicted molar refractivity (Wildman–Crippen MR) is 229 cm³/mol. The Bertz CT molecular complexity index is 1800. The van der Waals surface area contributed by atoms with Crippen molar-refractivity contribution in [2.24, 2.45) is 50.2 Å². The second kappa shape index (κ2) is 17.1. The van der Waals surface area contributed by atoms with Crippen LogP contribution < -0.4 is 0 Å². The van der Waals surface area contributed by atoms with Crippen molar-refractivity contribution >= 4 is 0 Å². The number of ether oxygens (including phenoxy) is 7. The highest BCUT2D eigenvalue weighted by atomic mass is 16.8. The molecule has 9 rings (SSSR count). The van der Waals surface area contributed by atoms with Crippen LogP contribution in [0.3, 0.4) is 0 Å². The highest BCUT2D eigenvalue weighted by molar-refractivity contribution is 5.36. The first-order valence-electron chi connectivity index (χ1n) is 24.5. The monoisotopic (exact) mass is 943 g/mol. The van der Waals surface area contributed by atoms with Gasteiger partial charge in [0.25, 0.3) is 0 Å². The van der Waals surface area contributed by atoms with Crippen molar-refractivity contribution in [3.05, 3.63) is 12.2 Å². The first-order valence-corrected chi connectivity index (χ1v) is 24.5. The van der Waals surface area contributed by atoms with Crippen molar-refractivity contribution in [1.82, 2.24) is 0 Å². The van der Waals surface area contributed by atoms with Crippen LogP contribution in [0.25, 0.3) is 0 Å². The third-order valence-corrected chi connectivity index (χ3v) is 20.0. The summed E-state index contributed by atoms with van der Waals surface area (Å²) in [5, 5.41) is 120. The van der Waals surface area contributed by atoms with Gasteiger partial charge in [-0.05, 0) is 86.4 Å². The third-order valence-electron chi connectivity index (χ3n) is 20.0. The highest BCUT2D eigenvalue weighted by Crippen LogP contribution is 2.79. The van der Waals surface area contributed by atoms with Crippen LogP contribution in [0.15, 0.2) is 12.2 Å². The third kappa shape index (κ3) is 7.01. The van der Waals surface area contributed by atoms with Gasteiger partial charge in [-0.25, -0.2) is 0 Å². The molecule has 4 heterocycles. The summed E-state index contributed by atoms with van der Waals surface area (Å²) in [5.74, 6) is 0.277. The van der Waals surface area contributed by atoms with E-state index in [2.05, 4.69) is 46.8 Å². The molecule has 4 saturated heterocycles. The van der Waals surface area contributed by atoms with Gasteiger partial charge in [-0.1, -0.05) is 53.7 Å². The molecule has 378 valence electrons. The Morgan fingerprint density at radius 2 is 1.24 bits per heavy atom. The molecule has 8 fully saturated rings. The molecule has 9 aliphatic rings. The Kier molecular flexibility index (Phi) is 12.9. The quantitative estimate of drug-likeness (QED) is 0.104. The molecule has 4 saturated carbocycles. The molecule has 0 aromatic carbocycles. The van der Waals surface area contributed by atoms with E-state index in [1.165, 1.54) is 0 Å². The van der Waals surface area contributed by atoms with E-state index in [0.29, 0.717) is 19.4 Å². The van der Waals surface area contributed by atoms with Gasteiger partial charge in [-0.15, -0.1) is 0 Å². The molecule has 1 spiro atoms. The van der Waals surface area contributed by atoms with Gasteiger partial charge in [0.1, 0.15) is 67.1 Å². The van der Waals surface area contributed by atoms with Crippen molar-refractivity contribution in [2.45, 2.75) is 210 Å². The van der Waals surface area contributed by atoms with Crippen LogP contribution in [-0.2, 0) is 33.2 Å². The maximum absolute atomic E-state index is 12.2. The average Bonchev–Trinajstić information content (AvgIpc) is 3.55. The Hall–Kier alpha value is -0.980. The fourth-order valence-corrected chi connectivity index (χ4v) is 15.8. The summed E-state index contributed by atoms with van der Waals surface area (Å²) in [4.78, 5) is 0. The summed E-state index contributed by atoms with van der Waals surface area (Å²) in [7, 11) is 0. The number of fused-ring (bicyclic) bond motifs is 4. The predicted octanol–water partition coefficient (Wildman–Crippen LogP) is -0.399. The Morgan fingerprint density at radius 1 is 0.606 bits per heavy atom. The van der Waals surface area contributed by atoms with Gasteiger partial charge in [0.05, 0.1) is 50.3 Å². The van der Waals surface area contributed by atoms with Gasteiger partial charge in [0.2, 0.25) is 0 Å². The topological polar surface area (TPSA) is 287 Å². The van der Waals surface area contributed by atoms with Crippen LogP contribution in [-0.4, -0.2) is 193 Å². The maximum Gasteiger partial charge on any atom is 0.187 e. The van der Waals surface area contributed by atoms with Crippen LogP contribution in [0, 0.1) is 50.2 Å². The molecule has 4 aliphatic heterocycles. The summed E-state index contributed by atoms with van der Waals surface area (Å²) >= 11 is 0. The van der Waals surface area contributed by atoms with Crippen LogP contribution in [0.4, 0.5) is 0 Å². The lowest BCUT2D eigenvalue weighted by molar-refractivity contribution is -0.391. The van der Waals surface area contributed by atoms with E-state index in [4.69, 9.17) is 33.2 Å². The second-order valence-corrected chi connectivity index (χ2v) is 23.8. The minimum absolute atomic E-state index is 0.0325. The number of hydrogen-bond acceptors (Lipinski definition) is 18. The molecule has 66 heavy (non-hydrogen) atoms. The summed E-state index contributed by atoms with van der Waals surface area (Å²) in [5.41, 5.74) is -2.28. The lowest BCUT2D eigenvalue weighted by Crippen LogP contribution is -2.72. The van der Waals surface area contributed by atoms with E-state index in [9.17, 15) is 56.2 Å². The first kappa shape index (κ1) is 50.0. The van der Waals surface area contributed by atoms with E-state index in [1.807, 2.05) is 6.92 Å². The molecule has 11 N–H and O–H groups in total. The van der Waals surface area contributed by atoms with Gasteiger partial charge in [0.15, 0.2) is 18.9 Å². The molecule has 5 aliphatic carbocycles. The minimum Gasteiger partial charge on any atom is -0.396 e. The number of hydrogen-bond donors (Lipinski definition) is 11. The average molecular weight is 943 g/mol. The van der Waals surface area contributed by atoms with Crippen molar-refractivity contribution in [1.29, 1.82) is 0 Å². The van der Waals surface area contributed by atoms with Gasteiger partial charge in [-0.3, -0.25) is 0 Å². The normalized spacial score (nSPS) is 58.8. The lowest BCUT2D eigenvalue weighted by atomic mass is 9.32. The molecule has 2 bridgehead atoms. The number of aliphatic hydroxyl groups is 11. The maximum atomic E-state index is 12.2. The fourth-order valence-electron chi connectivity index (χ4n) is 15.8. The molecule has 18 heteroatoms. The Morgan fingerprint density at radius 3 is 1.91 bits per heavy atom. The van der Waals surface area contributed by atoms with Crippen molar-refractivity contribution in [3.8, 4) is 0 Å².